The molecule has 0 heterocycles. The third-order valence-electron chi connectivity index (χ3n) is 3.84. The first-order chi connectivity index (χ1) is 12.8. The summed E-state index contributed by atoms with van der Waals surface area (Å²) in [5.41, 5.74) is -0.0790. The maximum Gasteiger partial charge on any atom is 0.338 e. The summed E-state index contributed by atoms with van der Waals surface area (Å²) >= 11 is 5.86. The summed E-state index contributed by atoms with van der Waals surface area (Å²) in [6.07, 6.45) is 1.80. The minimum Gasteiger partial charge on any atom is -0.478 e. The van der Waals surface area contributed by atoms with Crippen LogP contribution in [0.5, 0.6) is 5.75 Å². The van der Waals surface area contributed by atoms with Crippen LogP contribution >= 0.6 is 11.6 Å². The van der Waals surface area contributed by atoms with Crippen LogP contribution in [0.3, 0.4) is 0 Å². The van der Waals surface area contributed by atoms with Crippen molar-refractivity contribution in [3.05, 3.63) is 59.1 Å². The van der Waals surface area contributed by atoms with Gasteiger partial charge in [0.05, 0.1) is 12.2 Å². The van der Waals surface area contributed by atoms with Crippen LogP contribution in [0.25, 0.3) is 0 Å². The number of hydrogen-bond donors (Lipinski definition) is 1. The summed E-state index contributed by atoms with van der Waals surface area (Å²) in [5, 5.41) is 3.39. The number of hydrogen-bond acceptors (Lipinski definition) is 4. The van der Waals surface area contributed by atoms with Crippen molar-refractivity contribution in [2.24, 2.45) is 0 Å². The third kappa shape index (κ3) is 6.29. The molecule has 6 heteroatoms. The van der Waals surface area contributed by atoms with Gasteiger partial charge in [0.25, 0.3) is 5.91 Å². The lowest BCUT2D eigenvalue weighted by Gasteiger charge is -2.25. The van der Waals surface area contributed by atoms with E-state index >= 15 is 0 Å². The Bertz CT molecular complexity index is 770. The zero-order valence-electron chi connectivity index (χ0n) is 15.8. The number of ether oxygens (including phenoxy) is 2. The van der Waals surface area contributed by atoms with Gasteiger partial charge in [-0.25, -0.2) is 4.79 Å². The van der Waals surface area contributed by atoms with Crippen LogP contribution in [-0.2, 0) is 9.53 Å². The molecule has 0 saturated heterocycles. The van der Waals surface area contributed by atoms with Crippen molar-refractivity contribution in [3.63, 3.8) is 0 Å². The number of unbranched alkanes of at least 4 members (excludes halogenated alkanes) is 1. The number of rotatable bonds is 8. The first kappa shape index (κ1) is 20.8. The highest BCUT2D eigenvalue weighted by molar-refractivity contribution is 6.30. The maximum atomic E-state index is 12.5. The monoisotopic (exact) mass is 389 g/mol. The fraction of sp³-hybridized carbons (Fsp3) is 0.333. The summed E-state index contributed by atoms with van der Waals surface area (Å²) in [5.74, 6) is -0.131. The van der Waals surface area contributed by atoms with Gasteiger partial charge in [0.1, 0.15) is 5.75 Å². The van der Waals surface area contributed by atoms with E-state index in [0.29, 0.717) is 28.6 Å². The normalized spacial score (nSPS) is 11.0. The molecule has 1 N–H and O–H groups in total. The Morgan fingerprint density at radius 1 is 1.04 bits per heavy atom. The summed E-state index contributed by atoms with van der Waals surface area (Å²) in [6.45, 7) is 5.79. The predicted octanol–water partition coefficient (Wildman–Crippen LogP) is 5.09. The molecule has 0 aliphatic carbocycles. The molecule has 0 aromatic heterocycles. The third-order valence-corrected chi connectivity index (χ3v) is 4.09. The van der Waals surface area contributed by atoms with E-state index in [1.54, 1.807) is 62.4 Å². The molecule has 2 aromatic carbocycles. The van der Waals surface area contributed by atoms with E-state index in [1.807, 2.05) is 6.92 Å². The molecule has 27 heavy (non-hydrogen) atoms. The Hall–Kier alpha value is -2.53. The number of carbonyl (C=O) groups excluding carboxylic acids is 2. The second kappa shape index (κ2) is 9.42. The van der Waals surface area contributed by atoms with Crippen molar-refractivity contribution < 1.29 is 19.1 Å². The molecule has 5 nitrogen and oxygen atoms in total. The van der Waals surface area contributed by atoms with Crippen molar-refractivity contribution in [2.45, 2.75) is 39.2 Å². The Balaban J connectivity index is 1.95. The molecule has 0 aliphatic rings. The molecule has 0 atom stereocenters. The van der Waals surface area contributed by atoms with E-state index in [0.717, 1.165) is 12.8 Å². The predicted molar refractivity (Wildman–Crippen MR) is 106 cm³/mol. The lowest BCUT2D eigenvalue weighted by atomic mass is 10.1. The van der Waals surface area contributed by atoms with E-state index in [9.17, 15) is 9.59 Å². The number of esters is 1. The number of nitrogens with one attached hydrogen (secondary N) is 1. The van der Waals surface area contributed by atoms with Crippen molar-refractivity contribution >= 4 is 29.2 Å². The average molecular weight is 390 g/mol. The molecule has 0 fully saturated rings. The number of halogens is 1. The van der Waals surface area contributed by atoms with Crippen LogP contribution in [-0.4, -0.2) is 24.1 Å². The quantitative estimate of drug-likeness (QED) is 0.504. The Morgan fingerprint density at radius 2 is 1.67 bits per heavy atom. The smallest absolute Gasteiger partial charge is 0.338 e. The van der Waals surface area contributed by atoms with Crippen molar-refractivity contribution in [2.75, 3.05) is 11.9 Å². The summed E-state index contributed by atoms with van der Waals surface area (Å²) in [7, 11) is 0. The highest BCUT2D eigenvalue weighted by atomic mass is 35.5. The molecule has 0 aliphatic heterocycles. The second-order valence-electron chi connectivity index (χ2n) is 6.59. The van der Waals surface area contributed by atoms with Gasteiger partial charge in [0, 0.05) is 10.7 Å². The van der Waals surface area contributed by atoms with Crippen LogP contribution in [0.2, 0.25) is 5.02 Å². The van der Waals surface area contributed by atoms with E-state index in [1.165, 1.54) is 0 Å². The standard InChI is InChI=1S/C21H24ClNO4/c1-4-5-14-26-19(24)15-6-10-17(11-7-15)23-20(25)21(2,3)27-18-12-8-16(22)9-13-18/h6-13H,4-5,14H2,1-3H3,(H,23,25). The zero-order chi connectivity index (χ0) is 19.9. The fourth-order valence-corrected chi connectivity index (χ4v) is 2.33. The molecule has 0 spiro atoms. The Morgan fingerprint density at radius 3 is 2.26 bits per heavy atom. The van der Waals surface area contributed by atoms with Gasteiger partial charge < -0.3 is 14.8 Å². The van der Waals surface area contributed by atoms with Crippen LogP contribution < -0.4 is 10.1 Å². The van der Waals surface area contributed by atoms with Crippen LogP contribution in [0, 0.1) is 0 Å². The topological polar surface area (TPSA) is 64.6 Å². The number of carbonyl (C=O) groups is 2. The van der Waals surface area contributed by atoms with Gasteiger partial charge >= 0.3 is 5.97 Å². The van der Waals surface area contributed by atoms with Gasteiger partial charge in [-0.05, 0) is 68.8 Å². The van der Waals surface area contributed by atoms with E-state index in [-0.39, 0.29) is 11.9 Å². The lowest BCUT2D eigenvalue weighted by molar-refractivity contribution is -0.128. The summed E-state index contributed by atoms with van der Waals surface area (Å²) < 4.78 is 10.9. The first-order valence-corrected chi connectivity index (χ1v) is 9.23. The van der Waals surface area contributed by atoms with Crippen LogP contribution in [0.15, 0.2) is 48.5 Å². The van der Waals surface area contributed by atoms with Gasteiger partial charge in [0.2, 0.25) is 0 Å². The number of anilines is 1. The molecule has 0 unspecified atom stereocenters. The van der Waals surface area contributed by atoms with Crippen molar-refractivity contribution in [1.29, 1.82) is 0 Å². The van der Waals surface area contributed by atoms with Gasteiger partial charge in [-0.15, -0.1) is 0 Å². The highest BCUT2D eigenvalue weighted by Gasteiger charge is 2.30. The Kier molecular flexibility index (Phi) is 7.25. The van der Waals surface area contributed by atoms with Gasteiger partial charge in [-0.1, -0.05) is 24.9 Å². The average Bonchev–Trinajstić information content (AvgIpc) is 2.64. The van der Waals surface area contributed by atoms with Crippen molar-refractivity contribution in [3.8, 4) is 5.75 Å². The SMILES string of the molecule is CCCCOC(=O)c1ccc(NC(=O)C(C)(C)Oc2ccc(Cl)cc2)cc1. The molecule has 0 radical (unpaired) electrons. The minimum atomic E-state index is -1.09. The highest BCUT2D eigenvalue weighted by Crippen LogP contribution is 2.22. The molecule has 144 valence electrons. The number of benzene rings is 2. The lowest BCUT2D eigenvalue weighted by Crippen LogP contribution is -2.42. The molecule has 0 saturated carbocycles. The van der Waals surface area contributed by atoms with Gasteiger partial charge in [-0.2, -0.15) is 0 Å². The fourth-order valence-electron chi connectivity index (χ4n) is 2.21. The van der Waals surface area contributed by atoms with Crippen LogP contribution in [0.1, 0.15) is 44.0 Å². The molecule has 0 bridgehead atoms. The van der Waals surface area contributed by atoms with E-state index in [2.05, 4.69) is 5.32 Å². The second-order valence-corrected chi connectivity index (χ2v) is 7.02. The van der Waals surface area contributed by atoms with E-state index < -0.39 is 5.60 Å². The van der Waals surface area contributed by atoms with E-state index in [4.69, 9.17) is 21.1 Å². The first-order valence-electron chi connectivity index (χ1n) is 8.85. The zero-order valence-corrected chi connectivity index (χ0v) is 16.5. The summed E-state index contributed by atoms with van der Waals surface area (Å²) in [4.78, 5) is 24.4. The molecular formula is C21H24ClNO4. The Labute approximate surface area is 164 Å². The number of amides is 1. The minimum absolute atomic E-state index is 0.310. The molecular weight excluding hydrogens is 366 g/mol. The maximum absolute atomic E-state index is 12.5. The largest absolute Gasteiger partial charge is 0.478 e. The molecule has 1 amide bonds. The molecule has 2 rings (SSSR count). The van der Waals surface area contributed by atoms with Crippen LogP contribution in [0.4, 0.5) is 5.69 Å². The summed E-state index contributed by atoms with van der Waals surface area (Å²) in [6, 6.07) is 13.4. The van der Waals surface area contributed by atoms with Gasteiger partial charge in [-0.3, -0.25) is 4.79 Å². The van der Waals surface area contributed by atoms with Crippen molar-refractivity contribution in [1.82, 2.24) is 0 Å². The van der Waals surface area contributed by atoms with Gasteiger partial charge in [0.15, 0.2) is 5.60 Å². The molecule has 2 aromatic rings.